The number of terminal acetylenes is 1. The monoisotopic (exact) mass is 517 g/mol. The number of rotatable bonds is 7. The Kier molecular flexibility index (Phi) is 7.36. The van der Waals surface area contributed by atoms with E-state index in [9.17, 15) is 19.7 Å². The number of benzene rings is 2. The van der Waals surface area contributed by atoms with Gasteiger partial charge in [-0.05, 0) is 50.1 Å². The van der Waals surface area contributed by atoms with E-state index in [1.807, 2.05) is 6.07 Å². The Bertz CT molecular complexity index is 1660. The van der Waals surface area contributed by atoms with Crippen LogP contribution in [0.25, 0.3) is 6.08 Å². The van der Waals surface area contributed by atoms with E-state index in [1.165, 1.54) is 10.6 Å². The molecule has 2 aromatic carbocycles. The molecule has 1 atom stereocenters. The molecule has 0 spiro atoms. The molecule has 0 amide bonds. The van der Waals surface area contributed by atoms with Crippen molar-refractivity contribution < 1.29 is 19.2 Å². The minimum absolute atomic E-state index is 0.110. The predicted octanol–water partition coefficient (Wildman–Crippen LogP) is 3.03. The maximum absolute atomic E-state index is 13.7. The number of carbonyl (C=O) groups excluding carboxylic acids is 1. The van der Waals surface area contributed by atoms with Crippen LogP contribution in [0.1, 0.15) is 36.6 Å². The lowest BCUT2D eigenvalue weighted by atomic mass is 9.94. The van der Waals surface area contributed by atoms with Crippen molar-refractivity contribution in [1.82, 2.24) is 4.57 Å². The Balaban J connectivity index is 1.93. The van der Waals surface area contributed by atoms with Crippen LogP contribution in [0.4, 0.5) is 5.69 Å². The summed E-state index contributed by atoms with van der Waals surface area (Å²) < 4.78 is 12.5. The maximum atomic E-state index is 13.7. The fourth-order valence-electron chi connectivity index (χ4n) is 4.07. The fraction of sp³-hybridized carbons (Fsp3) is 0.222. The largest absolute Gasteiger partial charge is 0.481 e. The molecule has 10 heteroatoms. The molecule has 188 valence electrons. The summed E-state index contributed by atoms with van der Waals surface area (Å²) in [5.74, 6) is 2.33. The van der Waals surface area contributed by atoms with Gasteiger partial charge in [0.25, 0.3) is 11.2 Å². The summed E-state index contributed by atoms with van der Waals surface area (Å²) in [5, 5.41) is 11.6. The molecule has 37 heavy (non-hydrogen) atoms. The lowest BCUT2D eigenvalue weighted by Gasteiger charge is -2.24. The number of ether oxygens (including phenoxy) is 2. The second kappa shape index (κ2) is 10.6. The van der Waals surface area contributed by atoms with Gasteiger partial charge in [-0.2, -0.15) is 0 Å². The highest BCUT2D eigenvalue weighted by Crippen LogP contribution is 2.33. The molecule has 0 saturated carbocycles. The van der Waals surface area contributed by atoms with Gasteiger partial charge < -0.3 is 9.47 Å². The zero-order valence-electron chi connectivity index (χ0n) is 20.4. The van der Waals surface area contributed by atoms with Crippen molar-refractivity contribution in [3.05, 3.63) is 100 Å². The van der Waals surface area contributed by atoms with Crippen molar-refractivity contribution in [2.24, 2.45) is 4.99 Å². The fourth-order valence-corrected chi connectivity index (χ4v) is 5.12. The van der Waals surface area contributed by atoms with Gasteiger partial charge in [0.1, 0.15) is 12.4 Å². The number of hydrogen-bond acceptors (Lipinski definition) is 8. The zero-order chi connectivity index (χ0) is 26.7. The molecule has 1 aromatic heterocycles. The predicted molar refractivity (Wildman–Crippen MR) is 139 cm³/mol. The van der Waals surface area contributed by atoms with Crippen LogP contribution in [-0.2, 0) is 9.53 Å². The highest BCUT2D eigenvalue weighted by Gasteiger charge is 2.34. The number of hydrogen-bond donors (Lipinski definition) is 0. The van der Waals surface area contributed by atoms with Crippen LogP contribution in [0.15, 0.2) is 63.5 Å². The van der Waals surface area contributed by atoms with Crippen LogP contribution in [0.3, 0.4) is 0 Å². The SMILES string of the molecule is C#CCOc1cccc(C=c2sc3n(c2=O)C(c2ccc(C)c([N+](=O)[O-])c2)C(C(=O)OCC)=C(C)N=3)c1. The topological polar surface area (TPSA) is 113 Å². The smallest absolute Gasteiger partial charge is 0.338 e. The second-order valence-electron chi connectivity index (χ2n) is 8.17. The van der Waals surface area contributed by atoms with E-state index in [0.717, 1.165) is 11.3 Å². The lowest BCUT2D eigenvalue weighted by molar-refractivity contribution is -0.385. The second-order valence-corrected chi connectivity index (χ2v) is 9.18. The Morgan fingerprint density at radius 1 is 1.30 bits per heavy atom. The van der Waals surface area contributed by atoms with Gasteiger partial charge in [-0.25, -0.2) is 9.79 Å². The third kappa shape index (κ3) is 5.08. The van der Waals surface area contributed by atoms with E-state index in [0.29, 0.717) is 37.5 Å². The Morgan fingerprint density at radius 3 is 2.78 bits per heavy atom. The van der Waals surface area contributed by atoms with Gasteiger partial charge in [-0.3, -0.25) is 19.5 Å². The van der Waals surface area contributed by atoms with E-state index < -0.39 is 16.9 Å². The van der Waals surface area contributed by atoms with Crippen molar-refractivity contribution in [1.29, 1.82) is 0 Å². The van der Waals surface area contributed by atoms with E-state index in [1.54, 1.807) is 57.2 Å². The molecule has 1 aliphatic rings. The van der Waals surface area contributed by atoms with Crippen molar-refractivity contribution in [2.45, 2.75) is 26.8 Å². The third-order valence-corrected chi connectivity index (χ3v) is 6.72. The minimum Gasteiger partial charge on any atom is -0.481 e. The van der Waals surface area contributed by atoms with Gasteiger partial charge in [-0.15, -0.1) is 6.42 Å². The highest BCUT2D eigenvalue weighted by atomic mass is 32.1. The molecule has 0 bridgehead atoms. The van der Waals surface area contributed by atoms with Crippen molar-refractivity contribution in [3.8, 4) is 18.1 Å². The number of aromatic nitrogens is 1. The average molecular weight is 518 g/mol. The molecule has 1 unspecified atom stereocenters. The van der Waals surface area contributed by atoms with Crippen LogP contribution in [-0.4, -0.2) is 28.7 Å². The first-order chi connectivity index (χ1) is 17.7. The zero-order valence-corrected chi connectivity index (χ0v) is 21.2. The van der Waals surface area contributed by atoms with E-state index in [-0.39, 0.29) is 30.0 Å². The summed E-state index contributed by atoms with van der Waals surface area (Å²) in [6.45, 7) is 5.20. The highest BCUT2D eigenvalue weighted by molar-refractivity contribution is 7.07. The standard InChI is InChI=1S/C27H23N3O6S/c1-5-12-36-20-9-7-8-18(13-20)14-22-25(31)29-24(19-11-10-16(3)21(15-19)30(33)34)23(26(32)35-6-2)17(4)28-27(29)37-22/h1,7-11,13-15,24H,6,12H2,2-4H3. The summed E-state index contributed by atoms with van der Waals surface area (Å²) in [6, 6.07) is 10.8. The summed E-state index contributed by atoms with van der Waals surface area (Å²) in [5.41, 5.74) is 1.62. The molecular weight excluding hydrogens is 494 g/mol. The maximum Gasteiger partial charge on any atom is 0.338 e. The third-order valence-electron chi connectivity index (χ3n) is 5.74. The van der Waals surface area contributed by atoms with Crippen LogP contribution >= 0.6 is 11.3 Å². The van der Waals surface area contributed by atoms with Crippen LogP contribution in [0.5, 0.6) is 5.75 Å². The molecule has 2 heterocycles. The molecule has 0 saturated heterocycles. The van der Waals surface area contributed by atoms with Crippen LogP contribution in [0.2, 0.25) is 0 Å². The number of nitro benzene ring substituents is 1. The van der Waals surface area contributed by atoms with Gasteiger partial charge in [-0.1, -0.05) is 41.5 Å². The number of esters is 1. The number of aryl methyl sites for hydroxylation is 1. The minimum atomic E-state index is -0.943. The first-order valence-corrected chi connectivity index (χ1v) is 12.2. The number of nitro groups is 1. The van der Waals surface area contributed by atoms with Gasteiger partial charge in [0, 0.05) is 11.6 Å². The Hall–Kier alpha value is -4.49. The van der Waals surface area contributed by atoms with Gasteiger partial charge in [0.15, 0.2) is 4.80 Å². The van der Waals surface area contributed by atoms with Crippen LogP contribution < -0.4 is 19.6 Å². The van der Waals surface area contributed by atoms with Crippen molar-refractivity contribution in [3.63, 3.8) is 0 Å². The number of allylic oxidation sites excluding steroid dienone is 1. The van der Waals surface area contributed by atoms with Crippen molar-refractivity contribution in [2.75, 3.05) is 13.2 Å². The summed E-state index contributed by atoms with van der Waals surface area (Å²) >= 11 is 1.16. The molecule has 0 N–H and O–H groups in total. The number of carbonyl (C=O) groups is 1. The molecule has 4 rings (SSSR count). The van der Waals surface area contributed by atoms with E-state index in [4.69, 9.17) is 15.9 Å². The molecule has 0 fully saturated rings. The quantitative estimate of drug-likeness (QED) is 0.206. The number of thiazole rings is 1. The first-order valence-electron chi connectivity index (χ1n) is 11.4. The summed E-state index contributed by atoms with van der Waals surface area (Å²) in [7, 11) is 0. The number of nitrogens with zero attached hydrogens (tertiary/aromatic N) is 3. The molecule has 9 nitrogen and oxygen atoms in total. The Morgan fingerprint density at radius 2 is 2.08 bits per heavy atom. The first kappa shape index (κ1) is 25.6. The molecular formula is C27H23N3O6S. The number of fused-ring (bicyclic) bond motifs is 1. The molecule has 0 aliphatic carbocycles. The van der Waals surface area contributed by atoms with E-state index in [2.05, 4.69) is 10.9 Å². The normalized spacial score (nSPS) is 15.0. The molecule has 3 aromatic rings. The molecule has 1 aliphatic heterocycles. The Labute approximate surface area is 216 Å². The van der Waals surface area contributed by atoms with Crippen molar-refractivity contribution >= 4 is 29.1 Å². The average Bonchev–Trinajstić information content (AvgIpc) is 3.16. The van der Waals surface area contributed by atoms with E-state index >= 15 is 0 Å². The van der Waals surface area contributed by atoms with Gasteiger partial charge in [0.05, 0.1) is 33.4 Å². The van der Waals surface area contributed by atoms with Crippen LogP contribution in [0, 0.1) is 29.4 Å². The van der Waals surface area contributed by atoms with Gasteiger partial charge in [0.2, 0.25) is 0 Å². The summed E-state index contributed by atoms with van der Waals surface area (Å²) in [6.07, 6.45) is 6.96. The van der Waals surface area contributed by atoms with Gasteiger partial charge >= 0.3 is 5.97 Å². The molecule has 0 radical (unpaired) electrons. The summed E-state index contributed by atoms with van der Waals surface area (Å²) in [4.78, 5) is 42.7. The lowest BCUT2D eigenvalue weighted by Crippen LogP contribution is -2.40.